The number of hydrogen-bond acceptors (Lipinski definition) is 5. The van der Waals surface area contributed by atoms with Gasteiger partial charge in [-0.1, -0.05) is 31.2 Å². The minimum Gasteiger partial charge on any atom is -0.497 e. The second kappa shape index (κ2) is 10.9. The number of sulfonamides is 1. The van der Waals surface area contributed by atoms with Crippen molar-refractivity contribution < 1.29 is 22.7 Å². The second-order valence-electron chi connectivity index (χ2n) is 7.41. The monoisotopic (exact) mass is 468 g/mol. The fourth-order valence-corrected chi connectivity index (χ4v) is 4.30. The third kappa shape index (κ3) is 6.49. The van der Waals surface area contributed by atoms with Crippen LogP contribution in [0.5, 0.6) is 11.5 Å². The maximum Gasteiger partial charge on any atom is 0.262 e. The Morgan fingerprint density at radius 2 is 1.55 bits per heavy atom. The quantitative estimate of drug-likeness (QED) is 0.452. The first-order valence-corrected chi connectivity index (χ1v) is 12.1. The van der Waals surface area contributed by atoms with E-state index in [2.05, 4.69) is 29.1 Å². The fraction of sp³-hybridized carbons (Fsp3) is 0.240. The summed E-state index contributed by atoms with van der Waals surface area (Å²) in [5.41, 5.74) is 3.19. The number of anilines is 2. The molecule has 33 heavy (non-hydrogen) atoms. The Hall–Kier alpha value is -3.52. The summed E-state index contributed by atoms with van der Waals surface area (Å²) in [7, 11) is -0.881. The lowest BCUT2D eigenvalue weighted by atomic mass is 10.1. The summed E-state index contributed by atoms with van der Waals surface area (Å²) in [5.74, 6) is 0.755. The van der Waals surface area contributed by atoms with E-state index in [9.17, 15) is 13.2 Å². The van der Waals surface area contributed by atoms with Gasteiger partial charge in [-0.2, -0.15) is 0 Å². The van der Waals surface area contributed by atoms with Crippen molar-refractivity contribution in [1.82, 2.24) is 0 Å². The van der Waals surface area contributed by atoms with Gasteiger partial charge in [-0.15, -0.1) is 0 Å². The summed E-state index contributed by atoms with van der Waals surface area (Å²) >= 11 is 0. The molecule has 8 heteroatoms. The van der Waals surface area contributed by atoms with Crippen LogP contribution in [0.3, 0.4) is 0 Å². The second-order valence-corrected chi connectivity index (χ2v) is 9.10. The maximum atomic E-state index is 12.8. The molecule has 3 aromatic carbocycles. The number of hydrogen-bond donors (Lipinski definition) is 2. The van der Waals surface area contributed by atoms with Gasteiger partial charge in [0, 0.05) is 18.2 Å². The summed E-state index contributed by atoms with van der Waals surface area (Å²) in [4.78, 5) is 12.4. The average Bonchev–Trinajstić information content (AvgIpc) is 2.83. The Kier molecular flexibility index (Phi) is 7.95. The van der Waals surface area contributed by atoms with Crippen LogP contribution in [-0.4, -0.2) is 28.5 Å². The third-order valence-electron chi connectivity index (χ3n) is 5.17. The Labute approximate surface area is 194 Å². The number of carbonyl (C=O) groups is 1. The SMILES string of the molecule is CCc1ccc(CCC(=O)Nc2ccc(S(=O)(=O)Nc3ccc(OC)cc3OC)cc2)cc1. The van der Waals surface area contributed by atoms with Crippen LogP contribution in [-0.2, 0) is 27.7 Å². The standard InChI is InChI=1S/C25H28N2O5S/c1-4-18-5-7-19(8-6-18)9-16-25(28)26-20-10-13-22(14-11-20)33(29,30)27-23-15-12-21(31-2)17-24(23)32-3/h5-8,10-15,17,27H,4,9,16H2,1-3H3,(H,26,28). The zero-order valence-corrected chi connectivity index (χ0v) is 19.7. The molecule has 0 aromatic heterocycles. The van der Waals surface area contributed by atoms with Crippen molar-refractivity contribution in [2.75, 3.05) is 24.3 Å². The molecule has 0 bridgehead atoms. The molecule has 0 heterocycles. The number of benzene rings is 3. The minimum absolute atomic E-state index is 0.0642. The molecule has 174 valence electrons. The smallest absolute Gasteiger partial charge is 0.262 e. The molecule has 0 saturated heterocycles. The first-order valence-electron chi connectivity index (χ1n) is 10.6. The van der Waals surface area contributed by atoms with Gasteiger partial charge in [0.2, 0.25) is 5.91 Å². The molecule has 0 unspecified atom stereocenters. The zero-order chi connectivity index (χ0) is 23.8. The van der Waals surface area contributed by atoms with E-state index in [0.29, 0.717) is 35.7 Å². The molecule has 3 rings (SSSR count). The van der Waals surface area contributed by atoms with Gasteiger partial charge in [0.15, 0.2) is 0 Å². The van der Waals surface area contributed by atoms with Crippen molar-refractivity contribution in [2.45, 2.75) is 31.1 Å². The molecule has 0 fully saturated rings. The van der Waals surface area contributed by atoms with E-state index in [1.165, 1.54) is 31.9 Å². The van der Waals surface area contributed by atoms with Crippen LogP contribution >= 0.6 is 0 Å². The highest BCUT2D eigenvalue weighted by Crippen LogP contribution is 2.31. The molecule has 0 aliphatic rings. The van der Waals surface area contributed by atoms with Gasteiger partial charge >= 0.3 is 0 Å². The lowest BCUT2D eigenvalue weighted by Crippen LogP contribution is -2.15. The number of aryl methyl sites for hydroxylation is 2. The van der Waals surface area contributed by atoms with Crippen molar-refractivity contribution in [3.8, 4) is 11.5 Å². The molecular weight excluding hydrogens is 440 g/mol. The molecule has 0 aliphatic heterocycles. The third-order valence-corrected chi connectivity index (χ3v) is 6.55. The summed E-state index contributed by atoms with van der Waals surface area (Å²) in [6.45, 7) is 2.10. The summed E-state index contributed by atoms with van der Waals surface area (Å²) in [5, 5.41) is 2.81. The van der Waals surface area contributed by atoms with E-state index in [-0.39, 0.29) is 10.8 Å². The molecular formula is C25H28N2O5S. The van der Waals surface area contributed by atoms with Gasteiger partial charge in [0.25, 0.3) is 10.0 Å². The number of carbonyl (C=O) groups excluding carboxylic acids is 1. The Bertz CT molecular complexity index is 1190. The van der Waals surface area contributed by atoms with Gasteiger partial charge < -0.3 is 14.8 Å². The Balaban J connectivity index is 1.61. The number of amides is 1. The van der Waals surface area contributed by atoms with Crippen LogP contribution in [0.4, 0.5) is 11.4 Å². The zero-order valence-electron chi connectivity index (χ0n) is 18.9. The number of ether oxygens (including phenoxy) is 2. The summed E-state index contributed by atoms with van der Waals surface area (Å²) in [6.07, 6.45) is 1.95. The van der Waals surface area contributed by atoms with E-state index in [4.69, 9.17) is 9.47 Å². The molecule has 3 aromatic rings. The summed E-state index contributed by atoms with van der Waals surface area (Å²) < 4.78 is 38.4. The van der Waals surface area contributed by atoms with Gasteiger partial charge in [-0.25, -0.2) is 8.42 Å². The van der Waals surface area contributed by atoms with Crippen molar-refractivity contribution in [1.29, 1.82) is 0 Å². The average molecular weight is 469 g/mol. The largest absolute Gasteiger partial charge is 0.497 e. The number of nitrogens with one attached hydrogen (secondary N) is 2. The molecule has 1 amide bonds. The lowest BCUT2D eigenvalue weighted by molar-refractivity contribution is -0.116. The van der Waals surface area contributed by atoms with E-state index in [0.717, 1.165) is 12.0 Å². The predicted octanol–water partition coefficient (Wildman–Crippen LogP) is 4.64. The molecule has 7 nitrogen and oxygen atoms in total. The van der Waals surface area contributed by atoms with Crippen LogP contribution in [0.2, 0.25) is 0 Å². The minimum atomic E-state index is -3.85. The first kappa shape index (κ1) is 24.1. The van der Waals surface area contributed by atoms with E-state index >= 15 is 0 Å². The maximum absolute atomic E-state index is 12.8. The van der Waals surface area contributed by atoms with Gasteiger partial charge in [-0.05, 0) is 60.4 Å². The van der Waals surface area contributed by atoms with Gasteiger partial charge in [0.05, 0.1) is 24.8 Å². The highest BCUT2D eigenvalue weighted by Gasteiger charge is 2.17. The lowest BCUT2D eigenvalue weighted by Gasteiger charge is -2.13. The van der Waals surface area contributed by atoms with E-state index in [1.54, 1.807) is 30.3 Å². The van der Waals surface area contributed by atoms with Crippen molar-refractivity contribution >= 4 is 27.3 Å². The van der Waals surface area contributed by atoms with E-state index < -0.39 is 10.0 Å². The molecule has 0 saturated carbocycles. The fourth-order valence-electron chi connectivity index (χ4n) is 3.23. The molecule has 0 aliphatic carbocycles. The van der Waals surface area contributed by atoms with Gasteiger partial charge in [0.1, 0.15) is 11.5 Å². The van der Waals surface area contributed by atoms with Crippen molar-refractivity contribution in [3.05, 3.63) is 77.9 Å². The number of methoxy groups -OCH3 is 2. The summed E-state index contributed by atoms with van der Waals surface area (Å²) in [6, 6.07) is 19.0. The first-order chi connectivity index (χ1) is 15.8. The van der Waals surface area contributed by atoms with Gasteiger partial charge in [-0.3, -0.25) is 9.52 Å². The number of rotatable bonds is 10. The molecule has 0 atom stereocenters. The van der Waals surface area contributed by atoms with Crippen LogP contribution in [0.1, 0.15) is 24.5 Å². The highest BCUT2D eigenvalue weighted by atomic mass is 32.2. The molecule has 0 spiro atoms. The normalized spacial score (nSPS) is 11.0. The highest BCUT2D eigenvalue weighted by molar-refractivity contribution is 7.92. The topological polar surface area (TPSA) is 93.7 Å². The Morgan fingerprint density at radius 1 is 0.879 bits per heavy atom. The predicted molar refractivity (Wildman–Crippen MR) is 130 cm³/mol. The molecule has 0 radical (unpaired) electrons. The molecule has 2 N–H and O–H groups in total. The van der Waals surface area contributed by atoms with Crippen molar-refractivity contribution in [3.63, 3.8) is 0 Å². The van der Waals surface area contributed by atoms with Crippen LogP contribution in [0.25, 0.3) is 0 Å². The van der Waals surface area contributed by atoms with Crippen LogP contribution in [0, 0.1) is 0 Å². The van der Waals surface area contributed by atoms with E-state index in [1.807, 2.05) is 12.1 Å². The van der Waals surface area contributed by atoms with Crippen LogP contribution in [0.15, 0.2) is 71.6 Å². The van der Waals surface area contributed by atoms with Crippen LogP contribution < -0.4 is 19.5 Å². The van der Waals surface area contributed by atoms with Crippen molar-refractivity contribution in [2.24, 2.45) is 0 Å². The Morgan fingerprint density at radius 3 is 2.15 bits per heavy atom.